The fraction of sp³-hybridized carbons (Fsp3) is 0.625. The fourth-order valence-corrected chi connectivity index (χ4v) is 0.908. The third-order valence-electron chi connectivity index (χ3n) is 1.80. The Morgan fingerprint density at radius 2 is 2.55 bits per heavy atom. The SMILES string of the molecule is COC1=COC(C)(C#N)CC1. The number of ether oxygens (including phenoxy) is 2. The first kappa shape index (κ1) is 7.93. The first-order chi connectivity index (χ1) is 5.20. The molecule has 0 spiro atoms. The van der Waals surface area contributed by atoms with Crippen molar-refractivity contribution in [2.45, 2.75) is 25.4 Å². The van der Waals surface area contributed by atoms with Crippen LogP contribution in [0.15, 0.2) is 12.0 Å². The molecule has 1 aliphatic heterocycles. The molecule has 60 valence electrons. The number of nitriles is 1. The van der Waals surface area contributed by atoms with Gasteiger partial charge >= 0.3 is 0 Å². The van der Waals surface area contributed by atoms with Crippen molar-refractivity contribution < 1.29 is 9.47 Å². The van der Waals surface area contributed by atoms with E-state index in [1.165, 1.54) is 6.26 Å². The molecule has 0 fully saturated rings. The van der Waals surface area contributed by atoms with Crippen molar-refractivity contribution in [3.63, 3.8) is 0 Å². The Kier molecular flexibility index (Phi) is 2.04. The summed E-state index contributed by atoms with van der Waals surface area (Å²) in [5, 5.41) is 8.66. The molecule has 1 heterocycles. The monoisotopic (exact) mass is 153 g/mol. The molecule has 0 aromatic carbocycles. The normalized spacial score (nSPS) is 29.7. The first-order valence-electron chi connectivity index (χ1n) is 3.52. The van der Waals surface area contributed by atoms with Crippen LogP contribution in [0.2, 0.25) is 0 Å². The number of nitrogens with zero attached hydrogens (tertiary/aromatic N) is 1. The molecular formula is C8H11NO2. The van der Waals surface area contributed by atoms with Crippen LogP contribution in [0.1, 0.15) is 19.8 Å². The summed E-state index contributed by atoms with van der Waals surface area (Å²) in [5.74, 6) is 0.803. The minimum absolute atomic E-state index is 0.651. The van der Waals surface area contributed by atoms with E-state index in [0.29, 0.717) is 6.42 Å². The molecule has 0 bridgehead atoms. The number of allylic oxidation sites excluding steroid dienone is 1. The first-order valence-corrected chi connectivity index (χ1v) is 3.52. The molecule has 11 heavy (non-hydrogen) atoms. The number of methoxy groups -OCH3 is 1. The van der Waals surface area contributed by atoms with Gasteiger partial charge in [-0.25, -0.2) is 0 Å². The van der Waals surface area contributed by atoms with Crippen LogP contribution in [0.5, 0.6) is 0 Å². The summed E-state index contributed by atoms with van der Waals surface area (Å²) in [4.78, 5) is 0. The summed E-state index contributed by atoms with van der Waals surface area (Å²) in [6, 6.07) is 2.10. The van der Waals surface area contributed by atoms with Crippen LogP contribution in [-0.4, -0.2) is 12.7 Å². The second-order valence-electron chi connectivity index (χ2n) is 2.75. The van der Waals surface area contributed by atoms with Crippen LogP contribution < -0.4 is 0 Å². The maximum absolute atomic E-state index is 8.66. The predicted octanol–water partition coefficient (Wildman–Crippen LogP) is 1.57. The third kappa shape index (κ3) is 1.64. The second-order valence-corrected chi connectivity index (χ2v) is 2.75. The minimum atomic E-state index is -0.651. The number of hydrogen-bond acceptors (Lipinski definition) is 3. The Labute approximate surface area is 66.2 Å². The molecule has 0 N–H and O–H groups in total. The smallest absolute Gasteiger partial charge is 0.191 e. The van der Waals surface area contributed by atoms with Gasteiger partial charge in [-0.1, -0.05) is 0 Å². The van der Waals surface area contributed by atoms with Gasteiger partial charge in [-0.2, -0.15) is 5.26 Å². The molecular weight excluding hydrogens is 142 g/mol. The summed E-state index contributed by atoms with van der Waals surface area (Å²) in [6.07, 6.45) is 3.00. The highest BCUT2D eigenvalue weighted by atomic mass is 16.5. The molecule has 0 saturated carbocycles. The van der Waals surface area contributed by atoms with Crippen LogP contribution in [0, 0.1) is 11.3 Å². The zero-order valence-electron chi connectivity index (χ0n) is 6.76. The van der Waals surface area contributed by atoms with Gasteiger partial charge in [0.2, 0.25) is 0 Å². The van der Waals surface area contributed by atoms with E-state index in [1.54, 1.807) is 14.0 Å². The Morgan fingerprint density at radius 3 is 2.91 bits per heavy atom. The van der Waals surface area contributed by atoms with Gasteiger partial charge in [-0.3, -0.25) is 0 Å². The van der Waals surface area contributed by atoms with E-state index in [-0.39, 0.29) is 0 Å². The average molecular weight is 153 g/mol. The predicted molar refractivity (Wildman–Crippen MR) is 39.4 cm³/mol. The highest BCUT2D eigenvalue weighted by molar-refractivity contribution is 5.07. The second kappa shape index (κ2) is 2.83. The lowest BCUT2D eigenvalue weighted by molar-refractivity contribution is 0.0496. The van der Waals surface area contributed by atoms with Crippen LogP contribution in [0.3, 0.4) is 0 Å². The molecule has 0 saturated heterocycles. The standard InChI is InChI=1S/C8H11NO2/c1-8(6-9)4-3-7(10-2)5-11-8/h5H,3-4H2,1-2H3. The lowest BCUT2D eigenvalue weighted by Crippen LogP contribution is -2.27. The fourth-order valence-electron chi connectivity index (χ4n) is 0.908. The molecule has 0 aliphatic carbocycles. The molecule has 0 aromatic rings. The quantitative estimate of drug-likeness (QED) is 0.574. The highest BCUT2D eigenvalue weighted by Crippen LogP contribution is 2.25. The van der Waals surface area contributed by atoms with Gasteiger partial charge in [0.15, 0.2) is 5.60 Å². The van der Waals surface area contributed by atoms with Crippen LogP contribution in [0.25, 0.3) is 0 Å². The van der Waals surface area contributed by atoms with Crippen molar-refractivity contribution in [3.05, 3.63) is 12.0 Å². The zero-order chi connectivity index (χ0) is 8.32. The molecule has 3 heteroatoms. The van der Waals surface area contributed by atoms with Crippen molar-refractivity contribution in [2.24, 2.45) is 0 Å². The Balaban J connectivity index is 2.62. The Hall–Kier alpha value is -1.17. The molecule has 0 aromatic heterocycles. The molecule has 0 radical (unpaired) electrons. The van der Waals surface area contributed by atoms with Crippen LogP contribution in [0.4, 0.5) is 0 Å². The van der Waals surface area contributed by atoms with Crippen molar-refractivity contribution in [1.82, 2.24) is 0 Å². The Bertz CT molecular complexity index is 217. The van der Waals surface area contributed by atoms with Crippen LogP contribution >= 0.6 is 0 Å². The van der Waals surface area contributed by atoms with E-state index < -0.39 is 5.60 Å². The van der Waals surface area contributed by atoms with Gasteiger partial charge in [0, 0.05) is 12.8 Å². The molecule has 1 unspecified atom stereocenters. The minimum Gasteiger partial charge on any atom is -0.498 e. The van der Waals surface area contributed by atoms with Crippen molar-refractivity contribution >= 4 is 0 Å². The maximum atomic E-state index is 8.66. The molecule has 1 aliphatic rings. The van der Waals surface area contributed by atoms with E-state index in [2.05, 4.69) is 6.07 Å². The van der Waals surface area contributed by atoms with Gasteiger partial charge in [0.25, 0.3) is 0 Å². The van der Waals surface area contributed by atoms with Crippen molar-refractivity contribution in [2.75, 3.05) is 7.11 Å². The van der Waals surface area contributed by atoms with Gasteiger partial charge in [0.1, 0.15) is 18.1 Å². The summed E-state index contributed by atoms with van der Waals surface area (Å²) in [5.41, 5.74) is -0.651. The topological polar surface area (TPSA) is 42.2 Å². The maximum Gasteiger partial charge on any atom is 0.191 e. The molecule has 1 rings (SSSR count). The van der Waals surface area contributed by atoms with Crippen molar-refractivity contribution in [1.29, 1.82) is 5.26 Å². The van der Waals surface area contributed by atoms with Gasteiger partial charge in [0.05, 0.1) is 7.11 Å². The Morgan fingerprint density at radius 1 is 1.82 bits per heavy atom. The zero-order valence-corrected chi connectivity index (χ0v) is 6.76. The van der Waals surface area contributed by atoms with E-state index >= 15 is 0 Å². The van der Waals surface area contributed by atoms with Crippen LogP contribution in [-0.2, 0) is 9.47 Å². The van der Waals surface area contributed by atoms with Gasteiger partial charge in [-0.15, -0.1) is 0 Å². The van der Waals surface area contributed by atoms with E-state index in [0.717, 1.165) is 12.2 Å². The van der Waals surface area contributed by atoms with Gasteiger partial charge in [-0.05, 0) is 6.92 Å². The lowest BCUT2D eigenvalue weighted by atomic mass is 9.99. The average Bonchev–Trinajstić information content (AvgIpc) is 2.06. The van der Waals surface area contributed by atoms with Crippen molar-refractivity contribution in [3.8, 4) is 6.07 Å². The number of rotatable bonds is 1. The molecule has 0 amide bonds. The summed E-state index contributed by atoms with van der Waals surface area (Å²) >= 11 is 0. The third-order valence-corrected chi connectivity index (χ3v) is 1.80. The van der Waals surface area contributed by atoms with E-state index in [9.17, 15) is 0 Å². The lowest BCUT2D eigenvalue weighted by Gasteiger charge is -2.25. The van der Waals surface area contributed by atoms with E-state index in [4.69, 9.17) is 14.7 Å². The highest BCUT2D eigenvalue weighted by Gasteiger charge is 2.28. The molecule has 1 atom stereocenters. The summed E-state index contributed by atoms with van der Waals surface area (Å²) in [7, 11) is 1.60. The van der Waals surface area contributed by atoms with Gasteiger partial charge < -0.3 is 9.47 Å². The largest absolute Gasteiger partial charge is 0.498 e. The number of hydrogen-bond donors (Lipinski definition) is 0. The summed E-state index contributed by atoms with van der Waals surface area (Å²) in [6.45, 7) is 1.77. The summed E-state index contributed by atoms with van der Waals surface area (Å²) < 4.78 is 10.1. The van der Waals surface area contributed by atoms with E-state index in [1.807, 2.05) is 0 Å². The molecule has 3 nitrogen and oxygen atoms in total.